The van der Waals surface area contributed by atoms with Crippen LogP contribution in [0.3, 0.4) is 0 Å². The summed E-state index contributed by atoms with van der Waals surface area (Å²) in [4.78, 5) is 12.5. The van der Waals surface area contributed by atoms with Gasteiger partial charge in [0.1, 0.15) is 0 Å². The summed E-state index contributed by atoms with van der Waals surface area (Å²) in [6.07, 6.45) is 1.70. The maximum absolute atomic E-state index is 13.1. The van der Waals surface area contributed by atoms with Gasteiger partial charge in [0.15, 0.2) is 5.82 Å². The number of aromatic nitrogens is 2. The molecule has 0 bridgehead atoms. The molecule has 0 saturated heterocycles. The molecule has 0 spiro atoms. The smallest absolute Gasteiger partial charge is 0.264 e. The molecule has 27 heavy (non-hydrogen) atoms. The molecular formula is C19H20N4O3S. The number of nitrogens with zero attached hydrogens (tertiary/aromatic N) is 3. The molecule has 1 aromatic heterocycles. The van der Waals surface area contributed by atoms with Crippen molar-refractivity contribution in [2.24, 2.45) is 7.05 Å². The normalized spacial score (nSPS) is 11.2. The van der Waals surface area contributed by atoms with E-state index in [9.17, 15) is 13.2 Å². The van der Waals surface area contributed by atoms with Crippen molar-refractivity contribution in [1.29, 1.82) is 0 Å². The SMILES string of the molecule is CCN(c1ccccc1)S(=O)(=O)c1cccc(C(=O)Nc2ccn(C)n2)c1. The van der Waals surface area contributed by atoms with Gasteiger partial charge in [-0.25, -0.2) is 8.42 Å². The van der Waals surface area contributed by atoms with Crippen LogP contribution in [0.1, 0.15) is 17.3 Å². The van der Waals surface area contributed by atoms with E-state index in [-0.39, 0.29) is 17.0 Å². The minimum Gasteiger partial charge on any atom is -0.305 e. The lowest BCUT2D eigenvalue weighted by Crippen LogP contribution is -2.31. The summed E-state index contributed by atoms with van der Waals surface area (Å²) in [5, 5.41) is 6.74. The van der Waals surface area contributed by atoms with Crippen LogP contribution in [0, 0.1) is 0 Å². The third-order valence-electron chi connectivity index (χ3n) is 3.97. The highest BCUT2D eigenvalue weighted by Crippen LogP contribution is 2.24. The Morgan fingerprint density at radius 1 is 1.11 bits per heavy atom. The van der Waals surface area contributed by atoms with Gasteiger partial charge in [0.05, 0.1) is 10.6 Å². The van der Waals surface area contributed by atoms with Gasteiger partial charge in [-0.15, -0.1) is 0 Å². The van der Waals surface area contributed by atoms with Crippen LogP contribution < -0.4 is 9.62 Å². The lowest BCUT2D eigenvalue weighted by atomic mass is 10.2. The van der Waals surface area contributed by atoms with E-state index in [0.717, 1.165) is 0 Å². The molecule has 140 valence electrons. The van der Waals surface area contributed by atoms with E-state index in [2.05, 4.69) is 10.4 Å². The minimum absolute atomic E-state index is 0.0573. The van der Waals surface area contributed by atoms with E-state index in [0.29, 0.717) is 11.5 Å². The van der Waals surface area contributed by atoms with Crippen molar-refractivity contribution in [1.82, 2.24) is 9.78 Å². The maximum atomic E-state index is 13.1. The van der Waals surface area contributed by atoms with Crippen LogP contribution >= 0.6 is 0 Å². The molecular weight excluding hydrogens is 364 g/mol. The Bertz CT molecular complexity index is 1050. The van der Waals surface area contributed by atoms with Crippen LogP contribution in [0.4, 0.5) is 11.5 Å². The molecule has 1 N–H and O–H groups in total. The molecule has 3 aromatic rings. The van der Waals surface area contributed by atoms with Crippen LogP contribution in [0.15, 0.2) is 71.8 Å². The Labute approximate surface area is 158 Å². The summed E-state index contributed by atoms with van der Waals surface area (Å²) in [5.74, 6) is -0.0243. The second kappa shape index (κ2) is 7.63. The number of sulfonamides is 1. The number of para-hydroxylation sites is 1. The molecule has 0 aliphatic carbocycles. The maximum Gasteiger partial charge on any atom is 0.264 e. The number of anilines is 2. The second-order valence-electron chi connectivity index (χ2n) is 5.86. The molecule has 7 nitrogen and oxygen atoms in total. The molecule has 0 atom stereocenters. The Kier molecular flexibility index (Phi) is 5.27. The topological polar surface area (TPSA) is 84.3 Å². The van der Waals surface area contributed by atoms with Gasteiger partial charge in [-0.1, -0.05) is 24.3 Å². The number of hydrogen-bond donors (Lipinski definition) is 1. The molecule has 2 aromatic carbocycles. The zero-order valence-corrected chi connectivity index (χ0v) is 15.8. The summed E-state index contributed by atoms with van der Waals surface area (Å²) < 4.78 is 29.0. The van der Waals surface area contributed by atoms with Crippen LogP contribution in [0.25, 0.3) is 0 Å². The molecule has 1 heterocycles. The predicted molar refractivity (Wildman–Crippen MR) is 104 cm³/mol. The Morgan fingerprint density at radius 2 is 1.85 bits per heavy atom. The van der Waals surface area contributed by atoms with Crippen molar-refractivity contribution in [3.8, 4) is 0 Å². The van der Waals surface area contributed by atoms with E-state index >= 15 is 0 Å². The number of amides is 1. The third kappa shape index (κ3) is 4.01. The highest BCUT2D eigenvalue weighted by molar-refractivity contribution is 7.92. The van der Waals surface area contributed by atoms with E-state index < -0.39 is 15.9 Å². The summed E-state index contributed by atoms with van der Waals surface area (Å²) in [6.45, 7) is 2.04. The molecule has 0 aliphatic rings. The number of aryl methyl sites for hydroxylation is 1. The molecule has 0 saturated carbocycles. The van der Waals surface area contributed by atoms with Gasteiger partial charge in [-0.2, -0.15) is 5.10 Å². The van der Waals surface area contributed by atoms with Crippen molar-refractivity contribution < 1.29 is 13.2 Å². The van der Waals surface area contributed by atoms with Gasteiger partial charge in [-0.3, -0.25) is 13.8 Å². The first-order valence-corrected chi connectivity index (χ1v) is 9.84. The largest absolute Gasteiger partial charge is 0.305 e. The lowest BCUT2D eigenvalue weighted by molar-refractivity contribution is 0.102. The summed E-state index contributed by atoms with van der Waals surface area (Å²) in [6, 6.07) is 16.5. The number of hydrogen-bond acceptors (Lipinski definition) is 4. The summed E-state index contributed by atoms with van der Waals surface area (Å²) in [5.41, 5.74) is 0.814. The predicted octanol–water partition coefficient (Wildman–Crippen LogP) is 2.89. The molecule has 0 unspecified atom stereocenters. The quantitative estimate of drug-likeness (QED) is 0.708. The molecule has 0 aliphatic heterocycles. The second-order valence-corrected chi connectivity index (χ2v) is 7.72. The molecule has 1 amide bonds. The summed E-state index contributed by atoms with van der Waals surface area (Å²) in [7, 11) is -2.05. The molecule has 0 fully saturated rings. The van der Waals surface area contributed by atoms with Gasteiger partial charge < -0.3 is 5.32 Å². The highest BCUT2D eigenvalue weighted by atomic mass is 32.2. The van der Waals surface area contributed by atoms with Crippen molar-refractivity contribution in [3.05, 3.63) is 72.4 Å². The Balaban J connectivity index is 1.90. The number of nitrogens with one attached hydrogen (secondary N) is 1. The van der Waals surface area contributed by atoms with Gasteiger partial charge in [0, 0.05) is 31.4 Å². The standard InChI is InChI=1S/C19H20N4O3S/c1-3-23(16-9-5-4-6-10-16)27(25,26)17-11-7-8-15(14-17)19(24)20-18-12-13-22(2)21-18/h4-14H,3H2,1-2H3,(H,20,21,24). The fourth-order valence-corrected chi connectivity index (χ4v) is 4.20. The molecule has 3 rings (SSSR count). The zero-order chi connectivity index (χ0) is 19.4. The van der Waals surface area contributed by atoms with Gasteiger partial charge in [0.2, 0.25) is 0 Å². The first kappa shape index (κ1) is 18.7. The van der Waals surface area contributed by atoms with E-state index in [1.54, 1.807) is 67.3 Å². The highest BCUT2D eigenvalue weighted by Gasteiger charge is 2.24. The van der Waals surface area contributed by atoms with Crippen molar-refractivity contribution >= 4 is 27.4 Å². The average molecular weight is 384 g/mol. The van der Waals surface area contributed by atoms with E-state index in [1.165, 1.54) is 16.4 Å². The van der Waals surface area contributed by atoms with Gasteiger partial charge in [-0.05, 0) is 37.3 Å². The fraction of sp³-hybridized carbons (Fsp3) is 0.158. The first-order chi connectivity index (χ1) is 12.9. The minimum atomic E-state index is -3.80. The number of carbonyl (C=O) groups is 1. The van der Waals surface area contributed by atoms with Crippen LogP contribution in [0.2, 0.25) is 0 Å². The molecule has 8 heteroatoms. The van der Waals surface area contributed by atoms with Crippen LogP contribution in [0.5, 0.6) is 0 Å². The number of benzene rings is 2. The number of carbonyl (C=O) groups excluding carboxylic acids is 1. The van der Waals surface area contributed by atoms with Crippen LogP contribution in [-0.4, -0.2) is 30.7 Å². The Morgan fingerprint density at radius 3 is 2.48 bits per heavy atom. The molecule has 0 radical (unpaired) electrons. The monoisotopic (exact) mass is 384 g/mol. The number of rotatable bonds is 6. The Hall–Kier alpha value is -3.13. The lowest BCUT2D eigenvalue weighted by Gasteiger charge is -2.23. The van der Waals surface area contributed by atoms with Crippen molar-refractivity contribution in [2.45, 2.75) is 11.8 Å². The third-order valence-corrected chi connectivity index (χ3v) is 5.87. The zero-order valence-electron chi connectivity index (χ0n) is 15.0. The van der Waals surface area contributed by atoms with Gasteiger partial charge >= 0.3 is 0 Å². The van der Waals surface area contributed by atoms with Crippen molar-refractivity contribution in [2.75, 3.05) is 16.2 Å². The summed E-state index contributed by atoms with van der Waals surface area (Å²) >= 11 is 0. The van der Waals surface area contributed by atoms with E-state index in [4.69, 9.17) is 0 Å². The van der Waals surface area contributed by atoms with E-state index in [1.807, 2.05) is 6.07 Å². The average Bonchev–Trinajstić information content (AvgIpc) is 3.08. The fourth-order valence-electron chi connectivity index (χ4n) is 2.68. The van der Waals surface area contributed by atoms with Gasteiger partial charge in [0.25, 0.3) is 15.9 Å². The van der Waals surface area contributed by atoms with Crippen molar-refractivity contribution in [3.63, 3.8) is 0 Å². The first-order valence-electron chi connectivity index (χ1n) is 8.40. The van der Waals surface area contributed by atoms with Crippen LogP contribution in [-0.2, 0) is 17.1 Å².